The second-order valence-electron chi connectivity index (χ2n) is 6.94. The van der Waals surface area contributed by atoms with Gasteiger partial charge in [0.2, 0.25) is 0 Å². The summed E-state index contributed by atoms with van der Waals surface area (Å²) in [7, 11) is 0. The molecule has 4 heteroatoms. The van der Waals surface area contributed by atoms with Gasteiger partial charge in [0.1, 0.15) is 5.60 Å². The van der Waals surface area contributed by atoms with Crippen LogP contribution in [0.1, 0.15) is 65.7 Å². The topological polar surface area (TPSA) is 44.8 Å². The van der Waals surface area contributed by atoms with Crippen molar-refractivity contribution in [3.05, 3.63) is 0 Å². The SMILES string of the molecule is CC(=O)O[C@]1(CCC2OCCCO2)CCC[C@@H](C(C)C)C1. The van der Waals surface area contributed by atoms with Gasteiger partial charge in [0.05, 0.1) is 13.2 Å². The Hall–Kier alpha value is -0.610. The first-order chi connectivity index (χ1) is 10.0. The predicted molar refractivity (Wildman–Crippen MR) is 80.8 cm³/mol. The molecule has 0 bridgehead atoms. The predicted octanol–water partition coefficient (Wildman–Crippen LogP) is 3.68. The highest BCUT2D eigenvalue weighted by atomic mass is 16.7. The van der Waals surface area contributed by atoms with Crippen LogP contribution < -0.4 is 0 Å². The monoisotopic (exact) mass is 298 g/mol. The average Bonchev–Trinajstić information content (AvgIpc) is 2.46. The van der Waals surface area contributed by atoms with Crippen LogP contribution in [0.5, 0.6) is 0 Å². The number of carbonyl (C=O) groups excluding carboxylic acids is 1. The van der Waals surface area contributed by atoms with Gasteiger partial charge >= 0.3 is 5.97 Å². The second-order valence-corrected chi connectivity index (χ2v) is 6.94. The van der Waals surface area contributed by atoms with Gasteiger partial charge in [0.15, 0.2) is 6.29 Å². The summed E-state index contributed by atoms with van der Waals surface area (Å²) in [4.78, 5) is 11.6. The van der Waals surface area contributed by atoms with E-state index >= 15 is 0 Å². The normalized spacial score (nSPS) is 31.3. The van der Waals surface area contributed by atoms with Crippen molar-refractivity contribution in [2.24, 2.45) is 11.8 Å². The standard InChI is InChI=1S/C17H30O4/c1-13(2)15-6-4-8-17(12-15,21-14(3)18)9-7-16-19-10-5-11-20-16/h13,15-16H,4-12H2,1-3H3/t15-,17+/m1/s1. The van der Waals surface area contributed by atoms with Crippen LogP contribution in [0.4, 0.5) is 0 Å². The van der Waals surface area contributed by atoms with Gasteiger partial charge < -0.3 is 14.2 Å². The Balaban J connectivity index is 1.96. The summed E-state index contributed by atoms with van der Waals surface area (Å²) in [6.45, 7) is 7.61. The van der Waals surface area contributed by atoms with E-state index in [-0.39, 0.29) is 17.9 Å². The molecule has 0 N–H and O–H groups in total. The molecule has 2 atom stereocenters. The van der Waals surface area contributed by atoms with Crippen LogP contribution in [0.15, 0.2) is 0 Å². The van der Waals surface area contributed by atoms with Gasteiger partial charge in [-0.3, -0.25) is 4.79 Å². The highest BCUT2D eigenvalue weighted by molar-refractivity contribution is 5.66. The van der Waals surface area contributed by atoms with E-state index in [2.05, 4.69) is 13.8 Å². The van der Waals surface area contributed by atoms with Crippen LogP contribution in [0, 0.1) is 11.8 Å². The fourth-order valence-corrected chi connectivity index (χ4v) is 3.70. The third-order valence-corrected chi connectivity index (χ3v) is 4.88. The summed E-state index contributed by atoms with van der Waals surface area (Å²) in [5.74, 6) is 1.12. The van der Waals surface area contributed by atoms with Crippen molar-refractivity contribution in [2.75, 3.05) is 13.2 Å². The lowest BCUT2D eigenvalue weighted by Gasteiger charge is -2.42. The molecule has 2 rings (SSSR count). The number of rotatable bonds is 5. The molecule has 1 aliphatic carbocycles. The first kappa shape index (κ1) is 16.8. The lowest BCUT2D eigenvalue weighted by molar-refractivity contribution is -0.194. The maximum absolute atomic E-state index is 11.6. The van der Waals surface area contributed by atoms with E-state index in [9.17, 15) is 4.79 Å². The van der Waals surface area contributed by atoms with E-state index in [1.807, 2.05) is 0 Å². The van der Waals surface area contributed by atoms with E-state index < -0.39 is 0 Å². The quantitative estimate of drug-likeness (QED) is 0.726. The third-order valence-electron chi connectivity index (χ3n) is 4.88. The Morgan fingerprint density at radius 2 is 2.00 bits per heavy atom. The molecule has 0 aromatic heterocycles. The molecule has 1 aliphatic heterocycles. The van der Waals surface area contributed by atoms with Crippen molar-refractivity contribution in [3.63, 3.8) is 0 Å². The minimum atomic E-state index is -0.302. The average molecular weight is 298 g/mol. The Kier molecular flexibility index (Phi) is 6.06. The van der Waals surface area contributed by atoms with Crippen LogP contribution in [-0.2, 0) is 19.0 Å². The van der Waals surface area contributed by atoms with Gasteiger partial charge in [-0.05, 0) is 50.4 Å². The van der Waals surface area contributed by atoms with Crippen molar-refractivity contribution < 1.29 is 19.0 Å². The Labute approximate surface area is 128 Å². The first-order valence-corrected chi connectivity index (χ1v) is 8.43. The molecule has 2 aliphatic rings. The van der Waals surface area contributed by atoms with Gasteiger partial charge in [-0.1, -0.05) is 13.8 Å². The summed E-state index contributed by atoms with van der Waals surface area (Å²) >= 11 is 0. The molecule has 0 amide bonds. The van der Waals surface area contributed by atoms with Crippen molar-refractivity contribution in [3.8, 4) is 0 Å². The van der Waals surface area contributed by atoms with Crippen molar-refractivity contribution >= 4 is 5.97 Å². The molecule has 0 aromatic rings. The Morgan fingerprint density at radius 3 is 2.62 bits per heavy atom. The summed E-state index contributed by atoms with van der Waals surface area (Å²) in [6, 6.07) is 0. The van der Waals surface area contributed by atoms with Crippen molar-refractivity contribution in [1.82, 2.24) is 0 Å². The van der Waals surface area contributed by atoms with E-state index in [1.165, 1.54) is 13.3 Å². The van der Waals surface area contributed by atoms with Crippen LogP contribution in [-0.4, -0.2) is 31.1 Å². The second kappa shape index (κ2) is 7.59. The molecule has 4 nitrogen and oxygen atoms in total. The molecule has 1 heterocycles. The number of hydrogen-bond donors (Lipinski definition) is 0. The maximum atomic E-state index is 11.6. The highest BCUT2D eigenvalue weighted by Gasteiger charge is 2.40. The molecule has 0 radical (unpaired) electrons. The van der Waals surface area contributed by atoms with E-state index in [4.69, 9.17) is 14.2 Å². The molecule has 1 saturated carbocycles. The van der Waals surface area contributed by atoms with Crippen molar-refractivity contribution in [2.45, 2.75) is 77.6 Å². The molecule has 0 aromatic carbocycles. The fourth-order valence-electron chi connectivity index (χ4n) is 3.70. The van der Waals surface area contributed by atoms with Gasteiger partial charge in [-0.25, -0.2) is 0 Å². The van der Waals surface area contributed by atoms with E-state index in [0.29, 0.717) is 11.8 Å². The Bertz CT molecular complexity index is 336. The van der Waals surface area contributed by atoms with Crippen LogP contribution in [0.3, 0.4) is 0 Å². The summed E-state index contributed by atoms with van der Waals surface area (Å²) < 4.78 is 17.1. The number of hydrogen-bond acceptors (Lipinski definition) is 4. The summed E-state index contributed by atoms with van der Waals surface area (Å²) in [5.41, 5.74) is -0.302. The number of carbonyl (C=O) groups is 1. The van der Waals surface area contributed by atoms with E-state index in [0.717, 1.165) is 51.7 Å². The first-order valence-electron chi connectivity index (χ1n) is 8.43. The van der Waals surface area contributed by atoms with Crippen LogP contribution in [0.25, 0.3) is 0 Å². The molecular formula is C17H30O4. The van der Waals surface area contributed by atoms with Gasteiger partial charge in [0, 0.05) is 13.3 Å². The summed E-state index contributed by atoms with van der Waals surface area (Å²) in [5, 5.41) is 0. The fraction of sp³-hybridized carbons (Fsp3) is 0.941. The lowest BCUT2D eigenvalue weighted by atomic mass is 9.71. The van der Waals surface area contributed by atoms with Crippen LogP contribution in [0.2, 0.25) is 0 Å². The third kappa shape index (κ3) is 4.96. The van der Waals surface area contributed by atoms with Gasteiger partial charge in [-0.15, -0.1) is 0 Å². The largest absolute Gasteiger partial charge is 0.459 e. The molecule has 2 fully saturated rings. The number of esters is 1. The minimum Gasteiger partial charge on any atom is -0.459 e. The highest BCUT2D eigenvalue weighted by Crippen LogP contribution is 2.42. The zero-order valence-electron chi connectivity index (χ0n) is 13.7. The van der Waals surface area contributed by atoms with Gasteiger partial charge in [0.25, 0.3) is 0 Å². The van der Waals surface area contributed by atoms with Crippen molar-refractivity contribution in [1.29, 1.82) is 0 Å². The Morgan fingerprint density at radius 1 is 1.29 bits per heavy atom. The zero-order valence-corrected chi connectivity index (χ0v) is 13.7. The minimum absolute atomic E-state index is 0.120. The maximum Gasteiger partial charge on any atom is 0.303 e. The van der Waals surface area contributed by atoms with Crippen LogP contribution >= 0.6 is 0 Å². The summed E-state index contributed by atoms with van der Waals surface area (Å²) in [6.07, 6.45) is 6.86. The molecular weight excluding hydrogens is 268 g/mol. The lowest BCUT2D eigenvalue weighted by Crippen LogP contribution is -2.42. The zero-order chi connectivity index (χ0) is 15.3. The van der Waals surface area contributed by atoms with Gasteiger partial charge in [-0.2, -0.15) is 0 Å². The molecule has 21 heavy (non-hydrogen) atoms. The smallest absolute Gasteiger partial charge is 0.303 e. The molecule has 0 spiro atoms. The number of ether oxygens (including phenoxy) is 3. The molecule has 0 unspecified atom stereocenters. The van der Waals surface area contributed by atoms with E-state index in [1.54, 1.807) is 0 Å². The molecule has 122 valence electrons. The molecule has 1 saturated heterocycles.